The third-order valence-corrected chi connectivity index (χ3v) is 0. The molecule has 0 aliphatic carbocycles. The second-order valence-electron chi connectivity index (χ2n) is 3.39. The monoisotopic (exact) mass is 424 g/mol. The molecule has 0 saturated carbocycles. The van der Waals surface area contributed by atoms with E-state index in [2.05, 4.69) is 0 Å². The minimum absolute atomic E-state index is 0. The van der Waals surface area contributed by atoms with E-state index in [0.29, 0.717) is 0 Å². The molecule has 0 amide bonds. The molecule has 0 spiro atoms. The van der Waals surface area contributed by atoms with Gasteiger partial charge in [0.15, 0.2) is 0 Å². The Kier molecular flexibility index (Phi) is 45.6. The first-order valence-corrected chi connectivity index (χ1v) is 4.38. The van der Waals surface area contributed by atoms with E-state index in [1.807, 2.05) is 0 Å². The van der Waals surface area contributed by atoms with Crippen LogP contribution in [0.3, 0.4) is 0 Å². The zero-order chi connectivity index (χ0) is 14.3. The SMILES string of the molecule is CN(C)O.CN(C)O.CN(C)O.CN(C)O.[Hf]. The average Bonchev–Trinajstić information content (AvgIpc) is 1.76. The topological polar surface area (TPSA) is 93.9 Å². The predicted octanol–water partition coefficient (Wildman–Crippen LogP) is -0.254. The van der Waals surface area contributed by atoms with E-state index in [1.165, 1.54) is 0 Å². The van der Waals surface area contributed by atoms with Crippen LogP contribution in [0.5, 0.6) is 0 Å². The first-order valence-electron chi connectivity index (χ1n) is 4.38. The van der Waals surface area contributed by atoms with E-state index in [1.54, 1.807) is 56.4 Å². The molecule has 8 nitrogen and oxygen atoms in total. The standard InChI is InChI=1S/4C2H7NO.Hf/c4*1-3(2)4;/h4*4H,1-2H3;. The van der Waals surface area contributed by atoms with Gasteiger partial charge in [0.25, 0.3) is 0 Å². The third kappa shape index (κ3) is 11600. The van der Waals surface area contributed by atoms with Gasteiger partial charge in [0.2, 0.25) is 0 Å². The quantitative estimate of drug-likeness (QED) is 0.314. The Morgan fingerprint density at radius 3 is 0.412 bits per heavy atom. The second kappa shape index (κ2) is 25.4. The van der Waals surface area contributed by atoms with Gasteiger partial charge in [-0.2, -0.15) is 20.3 Å². The van der Waals surface area contributed by atoms with Gasteiger partial charge in [-0.15, -0.1) is 0 Å². The summed E-state index contributed by atoms with van der Waals surface area (Å²) >= 11 is 0. The van der Waals surface area contributed by atoms with E-state index >= 15 is 0 Å². The van der Waals surface area contributed by atoms with Crippen molar-refractivity contribution >= 4 is 0 Å². The molecule has 0 radical (unpaired) electrons. The predicted molar refractivity (Wildman–Crippen MR) is 61.9 cm³/mol. The minimum atomic E-state index is 0. The summed E-state index contributed by atoms with van der Waals surface area (Å²) in [7, 11) is 12.4. The van der Waals surface area contributed by atoms with Crippen LogP contribution in [-0.4, -0.2) is 97.5 Å². The summed E-state index contributed by atoms with van der Waals surface area (Å²) in [4.78, 5) is 0. The van der Waals surface area contributed by atoms with Crippen LogP contribution in [0.25, 0.3) is 0 Å². The smallest absolute Gasteiger partial charge is 0.0121 e. The molecule has 0 rings (SSSR count). The number of rotatable bonds is 0. The first-order chi connectivity index (χ1) is 6.93. The largest absolute Gasteiger partial charge is 0.315 e. The van der Waals surface area contributed by atoms with Crippen molar-refractivity contribution in [3.63, 3.8) is 0 Å². The van der Waals surface area contributed by atoms with E-state index in [0.717, 1.165) is 20.3 Å². The van der Waals surface area contributed by atoms with E-state index < -0.39 is 0 Å². The Morgan fingerprint density at radius 2 is 0.412 bits per heavy atom. The van der Waals surface area contributed by atoms with Crippen LogP contribution in [0.15, 0.2) is 0 Å². The summed E-state index contributed by atoms with van der Waals surface area (Å²) in [5.74, 6) is 0. The molecule has 4 N–H and O–H groups in total. The molecule has 0 aromatic carbocycles. The van der Waals surface area contributed by atoms with Crippen LogP contribution in [0.4, 0.5) is 0 Å². The van der Waals surface area contributed by atoms with Crippen molar-refractivity contribution in [2.24, 2.45) is 0 Å². The Balaban J connectivity index is -0.0000000369. The van der Waals surface area contributed by atoms with Crippen LogP contribution >= 0.6 is 0 Å². The van der Waals surface area contributed by atoms with Crippen molar-refractivity contribution in [1.29, 1.82) is 0 Å². The number of hydrogen-bond acceptors (Lipinski definition) is 8. The molecule has 0 aromatic heterocycles. The zero-order valence-corrected chi connectivity index (χ0v) is 15.7. The van der Waals surface area contributed by atoms with Crippen LogP contribution in [-0.2, 0) is 25.8 Å². The van der Waals surface area contributed by atoms with Crippen molar-refractivity contribution < 1.29 is 46.7 Å². The summed E-state index contributed by atoms with van der Waals surface area (Å²) in [6.07, 6.45) is 0. The molecule has 9 heteroatoms. The molecule has 108 valence electrons. The summed E-state index contributed by atoms with van der Waals surface area (Å²) in [5, 5.41) is 35.6. The van der Waals surface area contributed by atoms with Gasteiger partial charge < -0.3 is 20.8 Å². The normalized spacial score (nSPS) is 8.47. The van der Waals surface area contributed by atoms with Gasteiger partial charge in [0, 0.05) is 82.2 Å². The molecule has 0 heterocycles. The van der Waals surface area contributed by atoms with Gasteiger partial charge in [-0.1, -0.05) is 0 Å². The number of hydroxylamine groups is 8. The molecule has 0 fully saturated rings. The Hall–Kier alpha value is 0.550. The summed E-state index contributed by atoms with van der Waals surface area (Å²) in [6, 6.07) is 0. The van der Waals surface area contributed by atoms with Crippen molar-refractivity contribution in [3.05, 3.63) is 0 Å². The Bertz CT molecular complexity index is 72.5. The van der Waals surface area contributed by atoms with Crippen molar-refractivity contribution in [1.82, 2.24) is 20.3 Å². The molecule has 0 aliphatic heterocycles. The number of nitrogens with zero attached hydrogens (tertiary/aromatic N) is 4. The Labute approximate surface area is 123 Å². The molecule has 0 aromatic rings. The third-order valence-electron chi connectivity index (χ3n) is 0. The van der Waals surface area contributed by atoms with Crippen molar-refractivity contribution in [3.8, 4) is 0 Å². The van der Waals surface area contributed by atoms with Gasteiger partial charge in [0.05, 0.1) is 0 Å². The fraction of sp³-hybridized carbons (Fsp3) is 1.00. The maximum Gasteiger partial charge on any atom is 0.0121 e. The number of hydrogen-bond donors (Lipinski definition) is 4. The van der Waals surface area contributed by atoms with Crippen LogP contribution in [0.2, 0.25) is 0 Å². The maximum absolute atomic E-state index is 7.89. The van der Waals surface area contributed by atoms with Crippen LogP contribution in [0.1, 0.15) is 0 Å². The second-order valence-corrected chi connectivity index (χ2v) is 3.39. The van der Waals surface area contributed by atoms with Gasteiger partial charge in [-0.3, -0.25) is 0 Å². The fourth-order valence-corrected chi connectivity index (χ4v) is 0. The van der Waals surface area contributed by atoms with Gasteiger partial charge in [-0.05, 0) is 0 Å². The van der Waals surface area contributed by atoms with E-state index in [-0.39, 0.29) is 25.8 Å². The van der Waals surface area contributed by atoms with Crippen molar-refractivity contribution in [2.75, 3.05) is 56.4 Å². The van der Waals surface area contributed by atoms with Crippen LogP contribution in [0, 0.1) is 0 Å². The van der Waals surface area contributed by atoms with E-state index in [4.69, 9.17) is 20.8 Å². The zero-order valence-electron chi connectivity index (χ0n) is 12.1. The van der Waals surface area contributed by atoms with Crippen LogP contribution < -0.4 is 0 Å². The molecular weight excluding hydrogens is 395 g/mol. The molecule has 0 atom stereocenters. The van der Waals surface area contributed by atoms with Gasteiger partial charge in [0.1, 0.15) is 0 Å². The molecule has 0 saturated heterocycles. The molecular formula is C8H28HfN4O4. The molecule has 0 bridgehead atoms. The van der Waals surface area contributed by atoms with Gasteiger partial charge in [-0.25, -0.2) is 0 Å². The van der Waals surface area contributed by atoms with Crippen molar-refractivity contribution in [2.45, 2.75) is 0 Å². The fourth-order valence-electron chi connectivity index (χ4n) is 0. The summed E-state index contributed by atoms with van der Waals surface area (Å²) < 4.78 is 0. The Morgan fingerprint density at radius 1 is 0.412 bits per heavy atom. The van der Waals surface area contributed by atoms with E-state index in [9.17, 15) is 0 Å². The summed E-state index contributed by atoms with van der Waals surface area (Å²) in [6.45, 7) is 0. The molecule has 0 aliphatic rings. The molecule has 17 heavy (non-hydrogen) atoms. The first kappa shape index (κ1) is 30.5. The maximum atomic E-state index is 7.89. The molecule has 0 unspecified atom stereocenters. The van der Waals surface area contributed by atoms with Gasteiger partial charge >= 0.3 is 0 Å². The average molecular weight is 423 g/mol. The summed E-state index contributed by atoms with van der Waals surface area (Å²) in [5.41, 5.74) is 0. The minimum Gasteiger partial charge on any atom is -0.315 e.